The van der Waals surface area contributed by atoms with Gasteiger partial charge in [0.05, 0.1) is 13.2 Å². The van der Waals surface area contributed by atoms with Crippen molar-refractivity contribution in [3.63, 3.8) is 0 Å². The minimum Gasteiger partial charge on any atom is -0.396 e. The van der Waals surface area contributed by atoms with E-state index in [-0.39, 0.29) is 18.6 Å². The van der Waals surface area contributed by atoms with Crippen molar-refractivity contribution in [1.29, 1.82) is 0 Å². The first kappa shape index (κ1) is 12.9. The Labute approximate surface area is 93.1 Å². The molecule has 0 saturated carbocycles. The molecule has 0 bridgehead atoms. The monoisotopic (exact) mass is 215 g/mol. The molecule has 1 saturated heterocycles. The van der Waals surface area contributed by atoms with E-state index in [1.807, 2.05) is 6.92 Å². The molecular weight excluding hydrogens is 190 g/mol. The largest absolute Gasteiger partial charge is 0.396 e. The molecule has 1 heterocycles. The highest BCUT2D eigenvalue weighted by Crippen LogP contribution is 2.19. The molecule has 15 heavy (non-hydrogen) atoms. The molecule has 3 heteroatoms. The standard InChI is InChI=1S/C12H25NO2/c1-12(10-14,11-15)9-13-7-5-3-2-4-6-8-13/h14-15H,2-11H2,1H3. The van der Waals surface area contributed by atoms with E-state index < -0.39 is 0 Å². The fraction of sp³-hybridized carbons (Fsp3) is 1.00. The van der Waals surface area contributed by atoms with E-state index in [1.54, 1.807) is 0 Å². The van der Waals surface area contributed by atoms with Crippen LogP contribution < -0.4 is 0 Å². The van der Waals surface area contributed by atoms with Gasteiger partial charge in [-0.2, -0.15) is 0 Å². The number of rotatable bonds is 4. The Kier molecular flexibility index (Phi) is 5.58. The summed E-state index contributed by atoms with van der Waals surface area (Å²) in [6.45, 7) is 5.15. The van der Waals surface area contributed by atoms with E-state index in [0.29, 0.717) is 0 Å². The van der Waals surface area contributed by atoms with Gasteiger partial charge >= 0.3 is 0 Å². The molecular formula is C12H25NO2. The van der Waals surface area contributed by atoms with Crippen molar-refractivity contribution < 1.29 is 10.2 Å². The Hall–Kier alpha value is -0.120. The zero-order valence-electron chi connectivity index (χ0n) is 9.91. The third kappa shape index (κ3) is 4.49. The summed E-state index contributed by atoms with van der Waals surface area (Å²) in [6, 6.07) is 0. The van der Waals surface area contributed by atoms with E-state index >= 15 is 0 Å². The topological polar surface area (TPSA) is 43.7 Å². The molecule has 0 aromatic heterocycles. The van der Waals surface area contributed by atoms with E-state index in [9.17, 15) is 10.2 Å². The van der Waals surface area contributed by atoms with Gasteiger partial charge in [0, 0.05) is 12.0 Å². The second-order valence-electron chi connectivity index (χ2n) is 5.17. The van der Waals surface area contributed by atoms with Crippen molar-refractivity contribution in [1.82, 2.24) is 4.90 Å². The van der Waals surface area contributed by atoms with Gasteiger partial charge in [-0.15, -0.1) is 0 Å². The lowest BCUT2D eigenvalue weighted by Gasteiger charge is -2.33. The summed E-state index contributed by atoms with van der Waals surface area (Å²) in [4.78, 5) is 2.39. The van der Waals surface area contributed by atoms with Gasteiger partial charge < -0.3 is 15.1 Å². The minimum absolute atomic E-state index is 0.0694. The lowest BCUT2D eigenvalue weighted by molar-refractivity contribution is 0.0329. The number of nitrogens with zero attached hydrogens (tertiary/aromatic N) is 1. The van der Waals surface area contributed by atoms with Crippen molar-refractivity contribution in [3.8, 4) is 0 Å². The third-order valence-corrected chi connectivity index (χ3v) is 3.32. The van der Waals surface area contributed by atoms with Crippen molar-refractivity contribution in [3.05, 3.63) is 0 Å². The molecule has 0 amide bonds. The minimum atomic E-state index is -0.334. The normalized spacial score (nSPS) is 21.0. The Morgan fingerprint density at radius 3 is 1.87 bits per heavy atom. The van der Waals surface area contributed by atoms with Gasteiger partial charge in [0.1, 0.15) is 0 Å². The molecule has 0 radical (unpaired) electrons. The zero-order chi connectivity index (χ0) is 11.1. The van der Waals surface area contributed by atoms with Crippen LogP contribution in [-0.2, 0) is 0 Å². The van der Waals surface area contributed by atoms with Crippen molar-refractivity contribution in [2.75, 3.05) is 32.8 Å². The van der Waals surface area contributed by atoms with Crippen molar-refractivity contribution in [2.45, 2.75) is 39.0 Å². The van der Waals surface area contributed by atoms with Crippen LogP contribution in [0, 0.1) is 5.41 Å². The van der Waals surface area contributed by atoms with Gasteiger partial charge in [-0.05, 0) is 25.9 Å². The highest BCUT2D eigenvalue weighted by molar-refractivity contribution is 4.77. The van der Waals surface area contributed by atoms with Crippen LogP contribution in [0.5, 0.6) is 0 Å². The number of hydrogen-bond donors (Lipinski definition) is 2. The first-order chi connectivity index (χ1) is 7.20. The first-order valence-corrected chi connectivity index (χ1v) is 6.14. The molecule has 3 nitrogen and oxygen atoms in total. The highest BCUT2D eigenvalue weighted by Gasteiger charge is 2.25. The summed E-state index contributed by atoms with van der Waals surface area (Å²) in [5.41, 5.74) is -0.334. The van der Waals surface area contributed by atoms with Gasteiger partial charge in [0.15, 0.2) is 0 Å². The van der Waals surface area contributed by atoms with Crippen LogP contribution in [0.4, 0.5) is 0 Å². The summed E-state index contributed by atoms with van der Waals surface area (Å²) >= 11 is 0. The van der Waals surface area contributed by atoms with Gasteiger partial charge in [-0.3, -0.25) is 0 Å². The molecule has 1 fully saturated rings. The average molecular weight is 215 g/mol. The van der Waals surface area contributed by atoms with Crippen LogP contribution in [0.3, 0.4) is 0 Å². The lowest BCUT2D eigenvalue weighted by atomic mass is 9.91. The molecule has 1 rings (SSSR count). The fourth-order valence-corrected chi connectivity index (χ4v) is 2.16. The Balaban J connectivity index is 2.39. The number of hydrogen-bond acceptors (Lipinski definition) is 3. The van der Waals surface area contributed by atoms with Gasteiger partial charge in [0.25, 0.3) is 0 Å². The van der Waals surface area contributed by atoms with Gasteiger partial charge in [-0.1, -0.05) is 26.2 Å². The van der Waals surface area contributed by atoms with Crippen LogP contribution in [0.15, 0.2) is 0 Å². The lowest BCUT2D eigenvalue weighted by Crippen LogP contribution is -2.42. The summed E-state index contributed by atoms with van der Waals surface area (Å²) in [7, 11) is 0. The average Bonchev–Trinajstić information content (AvgIpc) is 2.22. The fourth-order valence-electron chi connectivity index (χ4n) is 2.16. The van der Waals surface area contributed by atoms with E-state index in [0.717, 1.165) is 19.6 Å². The second kappa shape index (κ2) is 6.46. The SMILES string of the molecule is CC(CO)(CO)CN1CCCCCCC1. The van der Waals surface area contributed by atoms with Crippen LogP contribution in [0.1, 0.15) is 39.0 Å². The molecule has 1 aliphatic rings. The maximum atomic E-state index is 9.26. The second-order valence-corrected chi connectivity index (χ2v) is 5.17. The molecule has 0 aromatic rings. The van der Waals surface area contributed by atoms with E-state index in [4.69, 9.17) is 0 Å². The summed E-state index contributed by atoms with van der Waals surface area (Å²) in [5.74, 6) is 0. The maximum absolute atomic E-state index is 9.26. The maximum Gasteiger partial charge on any atom is 0.0519 e. The van der Waals surface area contributed by atoms with Gasteiger partial charge in [-0.25, -0.2) is 0 Å². The number of aliphatic hydroxyl groups excluding tert-OH is 2. The first-order valence-electron chi connectivity index (χ1n) is 6.14. The Bertz CT molecular complexity index is 161. The Morgan fingerprint density at radius 2 is 1.40 bits per heavy atom. The molecule has 2 N–H and O–H groups in total. The van der Waals surface area contributed by atoms with Crippen LogP contribution in [-0.4, -0.2) is 48.0 Å². The molecule has 0 aliphatic carbocycles. The molecule has 0 spiro atoms. The summed E-state index contributed by atoms with van der Waals surface area (Å²) < 4.78 is 0. The van der Waals surface area contributed by atoms with E-state index in [2.05, 4.69) is 4.90 Å². The molecule has 0 aromatic carbocycles. The number of likely N-dealkylation sites (tertiary alicyclic amines) is 1. The summed E-state index contributed by atoms with van der Waals surface area (Å²) in [6.07, 6.45) is 6.53. The molecule has 0 unspecified atom stereocenters. The van der Waals surface area contributed by atoms with Crippen molar-refractivity contribution in [2.24, 2.45) is 5.41 Å². The Morgan fingerprint density at radius 1 is 0.933 bits per heavy atom. The van der Waals surface area contributed by atoms with Crippen molar-refractivity contribution >= 4 is 0 Å². The highest BCUT2D eigenvalue weighted by atomic mass is 16.3. The quantitative estimate of drug-likeness (QED) is 0.741. The number of aliphatic hydroxyl groups is 2. The predicted octanol–water partition coefficient (Wildman–Crippen LogP) is 1.24. The van der Waals surface area contributed by atoms with Gasteiger partial charge in [0.2, 0.25) is 0 Å². The molecule has 90 valence electrons. The zero-order valence-corrected chi connectivity index (χ0v) is 9.91. The predicted molar refractivity (Wildman–Crippen MR) is 61.8 cm³/mol. The molecule has 1 aliphatic heterocycles. The molecule has 0 atom stereocenters. The smallest absolute Gasteiger partial charge is 0.0519 e. The van der Waals surface area contributed by atoms with Crippen LogP contribution in [0.2, 0.25) is 0 Å². The van der Waals surface area contributed by atoms with Crippen LogP contribution >= 0.6 is 0 Å². The van der Waals surface area contributed by atoms with E-state index in [1.165, 1.54) is 32.1 Å². The van der Waals surface area contributed by atoms with Crippen LogP contribution in [0.25, 0.3) is 0 Å². The third-order valence-electron chi connectivity index (χ3n) is 3.32. The summed E-state index contributed by atoms with van der Waals surface area (Å²) in [5, 5.41) is 18.5.